The summed E-state index contributed by atoms with van der Waals surface area (Å²) in [4.78, 5) is 25.7. The zero-order valence-electron chi connectivity index (χ0n) is 9.54. The van der Waals surface area contributed by atoms with Crippen LogP contribution in [0.1, 0.15) is 10.4 Å². The number of rotatable bonds is 3. The lowest BCUT2D eigenvalue weighted by Gasteiger charge is -2.05. The Labute approximate surface area is 113 Å². The molecule has 1 amide bonds. The number of carbonyl (C=O) groups is 1. The fourth-order valence-electron chi connectivity index (χ4n) is 1.43. The highest BCUT2D eigenvalue weighted by Gasteiger charge is 2.13. The van der Waals surface area contributed by atoms with Crippen molar-refractivity contribution in [3.63, 3.8) is 0 Å². The van der Waals surface area contributed by atoms with Gasteiger partial charge in [-0.15, -0.1) is 0 Å². The molecular weight excluding hydrogens is 270 g/mol. The van der Waals surface area contributed by atoms with Crippen LogP contribution in [0.4, 0.5) is 11.4 Å². The van der Waals surface area contributed by atoms with Crippen molar-refractivity contribution in [2.24, 2.45) is 0 Å². The Balaban J connectivity index is 2.19. The van der Waals surface area contributed by atoms with Gasteiger partial charge in [0.2, 0.25) is 0 Å². The molecule has 0 saturated carbocycles. The van der Waals surface area contributed by atoms with Gasteiger partial charge in [-0.05, 0) is 24.3 Å². The summed E-state index contributed by atoms with van der Waals surface area (Å²) < 4.78 is 0. The van der Waals surface area contributed by atoms with Crippen LogP contribution in [0.5, 0.6) is 0 Å². The molecule has 0 aliphatic rings. The average molecular weight is 278 g/mol. The molecule has 0 saturated heterocycles. The van der Waals surface area contributed by atoms with Crippen LogP contribution in [0.25, 0.3) is 0 Å². The summed E-state index contributed by atoms with van der Waals surface area (Å²) in [5.41, 5.74) is 0.558. The first-order chi connectivity index (χ1) is 9.08. The number of pyridine rings is 1. The van der Waals surface area contributed by atoms with Gasteiger partial charge in [-0.25, -0.2) is 0 Å². The van der Waals surface area contributed by atoms with Crippen molar-refractivity contribution in [1.29, 1.82) is 0 Å². The maximum Gasteiger partial charge on any atom is 0.288 e. The van der Waals surface area contributed by atoms with Gasteiger partial charge >= 0.3 is 0 Å². The smallest absolute Gasteiger partial charge is 0.288 e. The van der Waals surface area contributed by atoms with Crippen LogP contribution in [0.15, 0.2) is 42.7 Å². The van der Waals surface area contributed by atoms with Crippen molar-refractivity contribution < 1.29 is 9.72 Å². The van der Waals surface area contributed by atoms with E-state index >= 15 is 0 Å². The molecule has 96 valence electrons. The van der Waals surface area contributed by atoms with Crippen molar-refractivity contribution in [2.45, 2.75) is 0 Å². The number of nitrogens with one attached hydrogen (secondary N) is 1. The fraction of sp³-hybridized carbons (Fsp3) is 0. The summed E-state index contributed by atoms with van der Waals surface area (Å²) in [5, 5.41) is 13.1. The van der Waals surface area contributed by atoms with Gasteiger partial charge < -0.3 is 5.32 Å². The first kappa shape index (κ1) is 13.0. The maximum atomic E-state index is 11.8. The Hall–Kier alpha value is -2.47. The van der Waals surface area contributed by atoms with E-state index in [1.165, 1.54) is 24.4 Å². The highest BCUT2D eigenvalue weighted by molar-refractivity contribution is 6.33. The predicted octanol–water partition coefficient (Wildman–Crippen LogP) is 2.90. The normalized spacial score (nSPS) is 9.95. The van der Waals surface area contributed by atoms with Gasteiger partial charge in [-0.3, -0.25) is 19.9 Å². The van der Waals surface area contributed by atoms with Crippen LogP contribution in [0.3, 0.4) is 0 Å². The van der Waals surface area contributed by atoms with Crippen molar-refractivity contribution in [1.82, 2.24) is 4.98 Å². The summed E-state index contributed by atoms with van der Waals surface area (Å²) in [5.74, 6) is -0.363. The molecule has 6 nitrogen and oxygen atoms in total. The number of hydrogen-bond acceptors (Lipinski definition) is 4. The zero-order chi connectivity index (χ0) is 13.8. The van der Waals surface area contributed by atoms with E-state index < -0.39 is 4.92 Å². The summed E-state index contributed by atoms with van der Waals surface area (Å²) >= 11 is 5.75. The van der Waals surface area contributed by atoms with Crippen LogP contribution in [-0.4, -0.2) is 15.8 Å². The van der Waals surface area contributed by atoms with Crippen LogP contribution < -0.4 is 5.32 Å². The van der Waals surface area contributed by atoms with Gasteiger partial charge in [0, 0.05) is 24.1 Å². The summed E-state index contributed by atoms with van der Waals surface area (Å²) in [7, 11) is 0. The molecule has 0 atom stereocenters. The maximum absolute atomic E-state index is 11.8. The number of anilines is 1. The number of carbonyl (C=O) groups excluding carboxylic acids is 1. The average Bonchev–Trinajstić information content (AvgIpc) is 2.39. The molecule has 1 aromatic heterocycles. The largest absolute Gasteiger partial charge is 0.322 e. The summed E-state index contributed by atoms with van der Waals surface area (Å²) in [6, 6.07) is 7.22. The predicted molar refractivity (Wildman–Crippen MR) is 70.3 cm³/mol. The molecule has 0 fully saturated rings. The third-order valence-corrected chi connectivity index (χ3v) is 2.63. The molecule has 0 radical (unpaired) electrons. The molecule has 0 spiro atoms. The number of halogens is 1. The first-order valence-corrected chi connectivity index (χ1v) is 5.61. The van der Waals surface area contributed by atoms with E-state index in [9.17, 15) is 14.9 Å². The number of amides is 1. The highest BCUT2D eigenvalue weighted by Crippen LogP contribution is 2.27. The zero-order valence-corrected chi connectivity index (χ0v) is 10.3. The number of nitro benzene ring substituents is 1. The van der Waals surface area contributed by atoms with E-state index in [1.54, 1.807) is 18.3 Å². The minimum absolute atomic E-state index is 0.0333. The Bertz CT molecular complexity index is 631. The Kier molecular flexibility index (Phi) is 3.72. The topological polar surface area (TPSA) is 85.1 Å². The summed E-state index contributed by atoms with van der Waals surface area (Å²) in [6.07, 6.45) is 2.97. The summed E-state index contributed by atoms with van der Waals surface area (Å²) in [6.45, 7) is 0. The first-order valence-electron chi connectivity index (χ1n) is 5.23. The van der Waals surface area contributed by atoms with Crippen molar-refractivity contribution >= 4 is 28.9 Å². The molecule has 7 heteroatoms. The van der Waals surface area contributed by atoms with E-state index in [2.05, 4.69) is 10.3 Å². The van der Waals surface area contributed by atoms with Gasteiger partial charge in [0.15, 0.2) is 0 Å². The van der Waals surface area contributed by atoms with Gasteiger partial charge in [0.25, 0.3) is 11.6 Å². The molecule has 1 aromatic carbocycles. The molecule has 19 heavy (non-hydrogen) atoms. The van der Waals surface area contributed by atoms with Gasteiger partial charge in [-0.1, -0.05) is 11.6 Å². The Morgan fingerprint density at radius 1 is 1.37 bits per heavy atom. The number of nitrogens with zero attached hydrogens (tertiary/aromatic N) is 2. The Morgan fingerprint density at radius 3 is 2.74 bits per heavy atom. The van der Waals surface area contributed by atoms with E-state index in [0.717, 1.165) is 0 Å². The van der Waals surface area contributed by atoms with Crippen molar-refractivity contribution in [3.05, 3.63) is 63.4 Å². The van der Waals surface area contributed by atoms with Crippen LogP contribution in [0.2, 0.25) is 5.02 Å². The monoisotopic (exact) mass is 277 g/mol. The minimum Gasteiger partial charge on any atom is -0.322 e. The van der Waals surface area contributed by atoms with Crippen LogP contribution in [0, 0.1) is 10.1 Å². The van der Waals surface area contributed by atoms with E-state index in [0.29, 0.717) is 11.3 Å². The number of benzene rings is 1. The lowest BCUT2D eigenvalue weighted by Crippen LogP contribution is -2.12. The molecule has 0 aliphatic heterocycles. The van der Waals surface area contributed by atoms with Gasteiger partial charge in [0.1, 0.15) is 5.02 Å². The number of hydrogen-bond donors (Lipinski definition) is 1. The second-order valence-corrected chi connectivity index (χ2v) is 4.03. The molecule has 1 heterocycles. The SMILES string of the molecule is O=C(Nc1ccc([N+](=O)[O-])c(Cl)c1)c1cccnc1. The second-order valence-electron chi connectivity index (χ2n) is 3.62. The van der Waals surface area contributed by atoms with E-state index in [1.807, 2.05) is 0 Å². The fourth-order valence-corrected chi connectivity index (χ4v) is 1.68. The van der Waals surface area contributed by atoms with Crippen LogP contribution in [-0.2, 0) is 0 Å². The quantitative estimate of drug-likeness (QED) is 0.690. The minimum atomic E-state index is -0.588. The van der Waals surface area contributed by atoms with Crippen LogP contribution >= 0.6 is 11.6 Å². The molecule has 0 unspecified atom stereocenters. The van der Waals surface area contributed by atoms with Crippen molar-refractivity contribution in [2.75, 3.05) is 5.32 Å². The van der Waals surface area contributed by atoms with Gasteiger partial charge in [-0.2, -0.15) is 0 Å². The Morgan fingerprint density at radius 2 is 2.16 bits per heavy atom. The standard InChI is InChI=1S/C12H8ClN3O3/c13-10-6-9(3-4-11(10)16(18)19)15-12(17)8-2-1-5-14-7-8/h1-7H,(H,15,17). The third-order valence-electron chi connectivity index (χ3n) is 2.33. The highest BCUT2D eigenvalue weighted by atomic mass is 35.5. The molecule has 2 rings (SSSR count). The molecule has 0 aliphatic carbocycles. The lowest BCUT2D eigenvalue weighted by atomic mass is 10.2. The van der Waals surface area contributed by atoms with Gasteiger partial charge in [0.05, 0.1) is 10.5 Å². The number of aromatic nitrogens is 1. The third kappa shape index (κ3) is 3.05. The van der Waals surface area contributed by atoms with Crippen molar-refractivity contribution in [3.8, 4) is 0 Å². The van der Waals surface area contributed by atoms with E-state index in [4.69, 9.17) is 11.6 Å². The molecule has 1 N–H and O–H groups in total. The molecular formula is C12H8ClN3O3. The molecule has 0 bridgehead atoms. The second kappa shape index (κ2) is 5.45. The van der Waals surface area contributed by atoms with E-state index in [-0.39, 0.29) is 16.6 Å². The number of nitro groups is 1. The molecule has 2 aromatic rings. The lowest BCUT2D eigenvalue weighted by molar-refractivity contribution is -0.384.